The Labute approximate surface area is 125 Å². The summed E-state index contributed by atoms with van der Waals surface area (Å²) in [5.74, 6) is 1.15. The number of hydrogen-bond acceptors (Lipinski definition) is 1. The first-order valence-corrected chi connectivity index (χ1v) is 7.89. The highest BCUT2D eigenvalue weighted by molar-refractivity contribution is 5.02. The van der Waals surface area contributed by atoms with E-state index in [1.54, 1.807) is 0 Å². The zero-order valence-corrected chi connectivity index (χ0v) is 12.1. The molecule has 0 heterocycles. The van der Waals surface area contributed by atoms with Crippen LogP contribution in [0.5, 0.6) is 0 Å². The van der Waals surface area contributed by atoms with Gasteiger partial charge in [-0.15, -0.1) is 0 Å². The third-order valence-corrected chi connectivity index (χ3v) is 6.31. The van der Waals surface area contributed by atoms with Gasteiger partial charge in [0.05, 0.1) is 0 Å². The molecule has 1 nitrogen and oxygen atoms in total. The SMILES string of the molecule is OC(CC1CCC2C3CCC(C3)C2C1)(C(F)(F)F)C(F)(F)F. The first-order valence-electron chi connectivity index (χ1n) is 7.89. The largest absolute Gasteiger partial charge is 0.426 e. The predicted octanol–water partition coefficient (Wildman–Crippen LogP) is 4.69. The third-order valence-electron chi connectivity index (χ3n) is 6.31. The van der Waals surface area contributed by atoms with E-state index in [4.69, 9.17) is 0 Å². The Morgan fingerprint density at radius 3 is 1.82 bits per heavy atom. The molecule has 0 aromatic rings. The zero-order valence-electron chi connectivity index (χ0n) is 12.1. The van der Waals surface area contributed by atoms with Crippen LogP contribution < -0.4 is 0 Å². The van der Waals surface area contributed by atoms with Crippen LogP contribution in [0.3, 0.4) is 0 Å². The van der Waals surface area contributed by atoms with E-state index >= 15 is 0 Å². The summed E-state index contributed by atoms with van der Waals surface area (Å²) in [5, 5.41) is 9.36. The molecular formula is C15H20F6O. The van der Waals surface area contributed by atoms with Gasteiger partial charge in [0.1, 0.15) is 0 Å². The fourth-order valence-corrected chi connectivity index (χ4v) is 5.27. The van der Waals surface area contributed by atoms with Crippen molar-refractivity contribution >= 4 is 0 Å². The summed E-state index contributed by atoms with van der Waals surface area (Å²) in [6.45, 7) is 0. The lowest BCUT2D eigenvalue weighted by Crippen LogP contribution is -2.58. The van der Waals surface area contributed by atoms with Crippen molar-refractivity contribution in [1.82, 2.24) is 0 Å². The quantitative estimate of drug-likeness (QED) is 0.728. The van der Waals surface area contributed by atoms with Gasteiger partial charge in [-0.05, 0) is 68.1 Å². The van der Waals surface area contributed by atoms with Gasteiger partial charge in [0.15, 0.2) is 0 Å². The van der Waals surface area contributed by atoms with Gasteiger partial charge in [0.2, 0.25) is 0 Å². The van der Waals surface area contributed by atoms with Crippen LogP contribution in [0.4, 0.5) is 26.3 Å². The van der Waals surface area contributed by atoms with Crippen molar-refractivity contribution in [2.75, 3.05) is 0 Å². The number of fused-ring (bicyclic) bond motifs is 5. The second kappa shape index (κ2) is 5.02. The fraction of sp³-hybridized carbons (Fsp3) is 1.00. The van der Waals surface area contributed by atoms with E-state index in [9.17, 15) is 31.4 Å². The van der Waals surface area contributed by atoms with Gasteiger partial charge in [-0.3, -0.25) is 0 Å². The minimum atomic E-state index is -5.68. The average Bonchev–Trinajstić information content (AvgIpc) is 2.97. The van der Waals surface area contributed by atoms with Gasteiger partial charge in [-0.1, -0.05) is 6.42 Å². The number of hydrogen-bond donors (Lipinski definition) is 1. The molecule has 5 atom stereocenters. The minimum absolute atomic E-state index is 0.267. The number of alkyl halides is 6. The summed E-state index contributed by atoms with van der Waals surface area (Å²) in [4.78, 5) is 0. The first-order chi connectivity index (χ1) is 10.0. The van der Waals surface area contributed by atoms with E-state index < -0.39 is 30.3 Å². The molecule has 3 fully saturated rings. The molecule has 3 rings (SSSR count). The highest BCUT2D eigenvalue weighted by atomic mass is 19.4. The molecule has 0 amide bonds. The van der Waals surface area contributed by atoms with Gasteiger partial charge in [-0.25, -0.2) is 0 Å². The van der Waals surface area contributed by atoms with Crippen molar-refractivity contribution in [2.24, 2.45) is 29.6 Å². The van der Waals surface area contributed by atoms with Gasteiger partial charge in [-0.2, -0.15) is 26.3 Å². The van der Waals surface area contributed by atoms with E-state index in [-0.39, 0.29) is 5.92 Å². The molecule has 3 saturated carbocycles. The van der Waals surface area contributed by atoms with Gasteiger partial charge >= 0.3 is 12.4 Å². The molecule has 5 unspecified atom stereocenters. The Morgan fingerprint density at radius 2 is 1.27 bits per heavy atom. The number of halogens is 6. The smallest absolute Gasteiger partial charge is 0.374 e. The Bertz CT molecular complexity index is 415. The van der Waals surface area contributed by atoms with Gasteiger partial charge in [0.25, 0.3) is 5.60 Å². The van der Waals surface area contributed by atoms with Crippen LogP contribution in [0.15, 0.2) is 0 Å². The Morgan fingerprint density at radius 1 is 0.727 bits per heavy atom. The summed E-state index contributed by atoms with van der Waals surface area (Å²) >= 11 is 0. The lowest BCUT2D eigenvalue weighted by atomic mass is 9.65. The lowest BCUT2D eigenvalue weighted by molar-refractivity contribution is -0.373. The predicted molar refractivity (Wildman–Crippen MR) is 66.8 cm³/mol. The molecule has 0 spiro atoms. The first kappa shape index (κ1) is 16.4. The van der Waals surface area contributed by atoms with Gasteiger partial charge < -0.3 is 5.11 Å². The maximum atomic E-state index is 12.8. The Balaban J connectivity index is 1.72. The van der Waals surface area contributed by atoms with Crippen molar-refractivity contribution < 1.29 is 31.4 Å². The van der Waals surface area contributed by atoms with Crippen LogP contribution in [-0.2, 0) is 0 Å². The van der Waals surface area contributed by atoms with E-state index in [1.165, 1.54) is 0 Å². The Kier molecular flexibility index (Phi) is 3.74. The highest BCUT2D eigenvalue weighted by Gasteiger charge is 2.70. The van der Waals surface area contributed by atoms with Crippen molar-refractivity contribution in [3.05, 3.63) is 0 Å². The summed E-state index contributed by atoms with van der Waals surface area (Å²) in [5.41, 5.74) is -4.57. The van der Waals surface area contributed by atoms with E-state index in [0.29, 0.717) is 37.0 Å². The number of rotatable bonds is 2. The van der Waals surface area contributed by atoms with Crippen molar-refractivity contribution in [3.8, 4) is 0 Å². The average molecular weight is 330 g/mol. The monoisotopic (exact) mass is 330 g/mol. The fourth-order valence-electron chi connectivity index (χ4n) is 5.27. The Hall–Kier alpha value is -0.460. The lowest BCUT2D eigenvalue weighted by Gasteiger charge is -2.42. The molecule has 0 aromatic carbocycles. The summed E-state index contributed by atoms with van der Waals surface area (Å²) < 4.78 is 76.8. The van der Waals surface area contributed by atoms with Crippen molar-refractivity contribution in [3.63, 3.8) is 0 Å². The highest BCUT2D eigenvalue weighted by Crippen LogP contribution is 2.59. The molecule has 0 saturated heterocycles. The van der Waals surface area contributed by atoms with Gasteiger partial charge in [0, 0.05) is 0 Å². The molecule has 128 valence electrons. The second-order valence-electron chi connectivity index (χ2n) is 7.40. The van der Waals surface area contributed by atoms with Crippen LogP contribution in [0.25, 0.3) is 0 Å². The van der Waals surface area contributed by atoms with Crippen LogP contribution in [0.1, 0.15) is 44.9 Å². The van der Waals surface area contributed by atoms with E-state index in [2.05, 4.69) is 0 Å². The summed E-state index contributed by atoms with van der Waals surface area (Å²) in [7, 11) is 0. The molecule has 0 radical (unpaired) electrons. The summed E-state index contributed by atoms with van der Waals surface area (Å²) in [6, 6.07) is 0. The zero-order chi connectivity index (χ0) is 16.3. The van der Waals surface area contributed by atoms with E-state index in [1.807, 2.05) is 0 Å². The summed E-state index contributed by atoms with van der Waals surface area (Å²) in [6.07, 6.45) is -7.84. The normalized spacial score (nSPS) is 39.1. The second-order valence-corrected chi connectivity index (χ2v) is 7.40. The molecule has 0 aliphatic heterocycles. The van der Waals surface area contributed by atoms with Crippen LogP contribution in [-0.4, -0.2) is 23.1 Å². The van der Waals surface area contributed by atoms with E-state index in [0.717, 1.165) is 19.3 Å². The standard InChI is InChI=1S/C15H20F6O/c16-14(17,18)13(22,15(19,20)21)7-8-1-4-11-9-2-3-10(6-9)12(11)5-8/h8-12,22H,1-7H2. The van der Waals surface area contributed by atoms with Crippen LogP contribution in [0.2, 0.25) is 0 Å². The maximum Gasteiger partial charge on any atom is 0.426 e. The molecule has 22 heavy (non-hydrogen) atoms. The molecule has 0 aromatic heterocycles. The molecular weight excluding hydrogens is 310 g/mol. The minimum Gasteiger partial charge on any atom is -0.374 e. The van der Waals surface area contributed by atoms with Crippen molar-refractivity contribution in [1.29, 1.82) is 0 Å². The maximum absolute atomic E-state index is 12.8. The number of aliphatic hydroxyl groups is 1. The molecule has 2 bridgehead atoms. The van der Waals surface area contributed by atoms with Crippen LogP contribution >= 0.6 is 0 Å². The molecule has 1 N–H and O–H groups in total. The van der Waals surface area contributed by atoms with Crippen molar-refractivity contribution in [2.45, 2.75) is 62.9 Å². The molecule has 7 heteroatoms. The topological polar surface area (TPSA) is 20.2 Å². The molecule has 3 aliphatic carbocycles. The molecule has 3 aliphatic rings. The third kappa shape index (κ3) is 2.43. The van der Waals surface area contributed by atoms with Crippen LogP contribution in [0, 0.1) is 29.6 Å².